The van der Waals surface area contributed by atoms with Crippen LogP contribution < -0.4 is 19.6 Å². The first-order chi connectivity index (χ1) is 15.3. The first-order valence-electron chi connectivity index (χ1n) is 10.9. The molecular weight excluding hydrogens is 450 g/mol. The number of nitrogens with one attached hydrogen (secondary N) is 2. The summed E-state index contributed by atoms with van der Waals surface area (Å²) in [4.78, 5) is 30.1. The Bertz CT molecular complexity index is 989. The molecule has 0 spiro atoms. The minimum Gasteiger partial charge on any atom is -0.609 e. The molecule has 3 rings (SSSR count). The van der Waals surface area contributed by atoms with Gasteiger partial charge in [-0.3, -0.25) is 15.1 Å². The van der Waals surface area contributed by atoms with E-state index in [4.69, 9.17) is 4.74 Å². The molecule has 1 fully saturated rings. The van der Waals surface area contributed by atoms with Gasteiger partial charge in [0.15, 0.2) is 5.69 Å². The molecule has 1 aromatic carbocycles. The third-order valence-corrected chi connectivity index (χ3v) is 6.63. The Morgan fingerprint density at radius 1 is 1.21 bits per heavy atom. The second-order valence-corrected chi connectivity index (χ2v) is 11.3. The number of benzene rings is 1. The fourth-order valence-electron chi connectivity index (χ4n) is 3.86. The molecule has 184 valence electrons. The lowest BCUT2D eigenvalue weighted by molar-refractivity contribution is 0.0393. The van der Waals surface area contributed by atoms with Gasteiger partial charge in [-0.15, -0.1) is 0 Å². The molecule has 0 aromatic heterocycles. The monoisotopic (exact) mass is 483 g/mol. The normalized spacial score (nSPS) is 22.8. The number of hydroxylamine groups is 2. The molecule has 2 heterocycles. The van der Waals surface area contributed by atoms with Gasteiger partial charge in [0.2, 0.25) is 10.0 Å². The molecule has 11 nitrogen and oxygen atoms in total. The van der Waals surface area contributed by atoms with Crippen molar-refractivity contribution >= 4 is 33.5 Å². The molecule has 2 aliphatic rings. The lowest BCUT2D eigenvalue weighted by atomic mass is 9.87. The van der Waals surface area contributed by atoms with Crippen LogP contribution in [0.4, 0.5) is 21.0 Å². The summed E-state index contributed by atoms with van der Waals surface area (Å²) in [7, 11) is -3.51. The number of hydrogen-bond acceptors (Lipinski definition) is 7. The number of nitrogens with zero attached hydrogens (tertiary/aromatic N) is 3. The summed E-state index contributed by atoms with van der Waals surface area (Å²) in [6, 6.07) is 3.82. The van der Waals surface area contributed by atoms with Gasteiger partial charge in [-0.05, 0) is 11.5 Å². The van der Waals surface area contributed by atoms with Crippen molar-refractivity contribution in [3.63, 3.8) is 0 Å². The maximum absolute atomic E-state index is 13.8. The Labute approximate surface area is 194 Å². The number of para-hydroxylation sites is 2. The van der Waals surface area contributed by atoms with Crippen LogP contribution in [-0.2, 0) is 14.8 Å². The number of anilines is 1. The van der Waals surface area contributed by atoms with Crippen LogP contribution in [0.5, 0.6) is 0 Å². The maximum Gasteiger partial charge on any atom is 0.438 e. The molecular formula is C21H33N5O6S. The standard InChI is InChI=1S/C21H33N5O6S/c1-21(2,3)18(15-22-33(4,30)31)23-19(27)26(29)17-8-6-5-7-16(17)25(20(26)28)10-9-24-11-13-32-14-12-24/h5-8,18,22H,9-15H2,1-4H3,(H,23,27)/t18-,26?/m1/s1. The van der Waals surface area contributed by atoms with Gasteiger partial charge in [-0.25, -0.2) is 22.7 Å². The van der Waals surface area contributed by atoms with Gasteiger partial charge in [-0.2, -0.15) is 4.65 Å². The average molecular weight is 484 g/mol. The first-order valence-corrected chi connectivity index (χ1v) is 12.8. The molecule has 2 N–H and O–H groups in total. The van der Waals surface area contributed by atoms with Crippen LogP contribution in [0.3, 0.4) is 0 Å². The second kappa shape index (κ2) is 9.65. The highest BCUT2D eigenvalue weighted by atomic mass is 32.2. The SMILES string of the molecule is CC(C)(C)[C@@H](CNS(C)(=O)=O)NC(=O)[N+]1([O-])C(=O)N(CCN2CCOCC2)c2ccccc21. The minimum atomic E-state index is -3.51. The van der Waals surface area contributed by atoms with Gasteiger partial charge in [-0.1, -0.05) is 32.9 Å². The Hall–Kier alpha value is -2.09. The van der Waals surface area contributed by atoms with Crippen molar-refractivity contribution in [2.24, 2.45) is 5.41 Å². The fourth-order valence-corrected chi connectivity index (χ4v) is 4.33. The van der Waals surface area contributed by atoms with Crippen molar-refractivity contribution in [1.29, 1.82) is 0 Å². The van der Waals surface area contributed by atoms with Crippen molar-refractivity contribution in [2.45, 2.75) is 26.8 Å². The Kier molecular flexibility index (Phi) is 7.46. The van der Waals surface area contributed by atoms with Crippen LogP contribution >= 0.6 is 0 Å². The van der Waals surface area contributed by atoms with E-state index in [0.717, 1.165) is 19.3 Å². The molecule has 2 aliphatic heterocycles. The minimum absolute atomic E-state index is 0.0470. The molecule has 1 unspecified atom stereocenters. The zero-order valence-corrected chi connectivity index (χ0v) is 20.4. The predicted octanol–water partition coefficient (Wildman–Crippen LogP) is 1.44. The van der Waals surface area contributed by atoms with Gasteiger partial charge in [0.25, 0.3) is 0 Å². The van der Waals surface area contributed by atoms with Gasteiger partial charge in [0.1, 0.15) is 5.69 Å². The lowest BCUT2D eigenvalue weighted by Crippen LogP contribution is -2.63. The Balaban J connectivity index is 1.82. The van der Waals surface area contributed by atoms with E-state index < -0.39 is 38.2 Å². The van der Waals surface area contributed by atoms with Crippen molar-refractivity contribution in [3.8, 4) is 0 Å². The van der Waals surface area contributed by atoms with Crippen molar-refractivity contribution < 1.29 is 22.7 Å². The largest absolute Gasteiger partial charge is 0.609 e. The van der Waals surface area contributed by atoms with E-state index in [1.165, 1.54) is 11.0 Å². The number of carbonyl (C=O) groups is 2. The van der Waals surface area contributed by atoms with Crippen molar-refractivity contribution in [2.75, 3.05) is 57.1 Å². The summed E-state index contributed by atoms with van der Waals surface area (Å²) in [5.41, 5.74) is -0.127. The van der Waals surface area contributed by atoms with Crippen molar-refractivity contribution in [3.05, 3.63) is 29.5 Å². The number of ether oxygens (including phenoxy) is 1. The number of rotatable bonds is 7. The zero-order chi connectivity index (χ0) is 24.4. The number of morpholine rings is 1. The number of fused-ring (bicyclic) bond motifs is 1. The molecule has 1 saturated heterocycles. The molecule has 4 amide bonds. The predicted molar refractivity (Wildman–Crippen MR) is 126 cm³/mol. The van der Waals surface area contributed by atoms with Crippen LogP contribution in [0.2, 0.25) is 0 Å². The summed E-state index contributed by atoms with van der Waals surface area (Å²) in [6.45, 7) is 8.85. The van der Waals surface area contributed by atoms with E-state index in [2.05, 4.69) is 14.9 Å². The summed E-state index contributed by atoms with van der Waals surface area (Å²) in [6.07, 6.45) is 1.02. The van der Waals surface area contributed by atoms with Crippen LogP contribution in [0.15, 0.2) is 24.3 Å². The number of urea groups is 2. The van der Waals surface area contributed by atoms with E-state index in [1.54, 1.807) is 18.2 Å². The van der Waals surface area contributed by atoms with E-state index in [9.17, 15) is 23.2 Å². The van der Waals surface area contributed by atoms with Crippen molar-refractivity contribution in [1.82, 2.24) is 19.6 Å². The highest BCUT2D eigenvalue weighted by Crippen LogP contribution is 2.42. The average Bonchev–Trinajstić information content (AvgIpc) is 2.96. The highest BCUT2D eigenvalue weighted by Gasteiger charge is 2.52. The molecule has 2 atom stereocenters. The topological polar surface area (TPSA) is 131 Å². The second-order valence-electron chi connectivity index (χ2n) is 9.47. The molecule has 12 heteroatoms. The van der Waals surface area contributed by atoms with Crippen LogP contribution in [0.1, 0.15) is 20.8 Å². The third-order valence-electron chi connectivity index (χ3n) is 5.93. The molecule has 0 aliphatic carbocycles. The number of quaternary nitrogens is 1. The Morgan fingerprint density at radius 3 is 2.45 bits per heavy atom. The van der Waals surface area contributed by atoms with Crippen LogP contribution in [0.25, 0.3) is 0 Å². The van der Waals surface area contributed by atoms with E-state index in [0.29, 0.717) is 25.4 Å². The molecule has 0 bridgehead atoms. The molecule has 0 saturated carbocycles. The van der Waals surface area contributed by atoms with Gasteiger partial charge in [0, 0.05) is 38.8 Å². The van der Waals surface area contributed by atoms with E-state index >= 15 is 0 Å². The number of sulfonamides is 1. The number of imide groups is 1. The summed E-state index contributed by atoms with van der Waals surface area (Å²) >= 11 is 0. The quantitative estimate of drug-likeness (QED) is 0.443. The number of amides is 4. The fraction of sp³-hybridized carbons (Fsp3) is 0.619. The van der Waals surface area contributed by atoms with Gasteiger partial charge >= 0.3 is 12.1 Å². The smallest absolute Gasteiger partial charge is 0.438 e. The molecule has 1 aromatic rings. The summed E-state index contributed by atoms with van der Waals surface area (Å²) in [5.74, 6) is 0. The van der Waals surface area contributed by atoms with Gasteiger partial charge < -0.3 is 9.94 Å². The first kappa shape index (κ1) is 25.5. The van der Waals surface area contributed by atoms with Gasteiger partial charge in [0.05, 0.1) is 25.5 Å². The maximum atomic E-state index is 13.8. The van der Waals surface area contributed by atoms with Crippen LogP contribution in [0, 0.1) is 10.6 Å². The zero-order valence-electron chi connectivity index (χ0n) is 19.5. The summed E-state index contributed by atoms with van der Waals surface area (Å²) < 4.78 is 29.1. The third kappa shape index (κ3) is 5.70. The van der Waals surface area contributed by atoms with Crippen LogP contribution in [-0.4, -0.2) is 83.6 Å². The summed E-state index contributed by atoms with van der Waals surface area (Å²) in [5, 5.41) is 16.5. The molecule has 0 radical (unpaired) electrons. The van der Waals surface area contributed by atoms with E-state index in [-0.39, 0.29) is 18.8 Å². The van der Waals surface area contributed by atoms with E-state index in [1.807, 2.05) is 20.8 Å². The highest BCUT2D eigenvalue weighted by molar-refractivity contribution is 7.88. The molecule has 33 heavy (non-hydrogen) atoms. The number of carbonyl (C=O) groups excluding carboxylic acids is 2. The number of hydrogen-bond donors (Lipinski definition) is 2. The lowest BCUT2D eigenvalue weighted by Gasteiger charge is -2.36. The Morgan fingerprint density at radius 2 is 1.85 bits per heavy atom.